The van der Waals surface area contributed by atoms with Crippen LogP contribution in [0.1, 0.15) is 20.8 Å². The molecule has 0 N–H and O–H groups in total. The van der Waals surface area contributed by atoms with Gasteiger partial charge in [0.1, 0.15) is 13.1 Å². The summed E-state index contributed by atoms with van der Waals surface area (Å²) in [7, 11) is 0. The van der Waals surface area contributed by atoms with E-state index in [2.05, 4.69) is 25.7 Å². The largest absolute Gasteiger partial charge is 0.370 e. The van der Waals surface area contributed by atoms with E-state index in [0.29, 0.717) is 5.54 Å². The van der Waals surface area contributed by atoms with Gasteiger partial charge < -0.3 is 9.22 Å². The minimum Gasteiger partial charge on any atom is -0.370 e. The van der Waals surface area contributed by atoms with Crippen molar-refractivity contribution in [1.82, 2.24) is 4.90 Å². The highest BCUT2D eigenvalue weighted by Crippen LogP contribution is 2.21. The normalized spacial score (nSPS) is 28.2. The fourth-order valence-corrected chi connectivity index (χ4v) is 2.74. The first-order valence-corrected chi connectivity index (χ1v) is 6.20. The molecule has 0 unspecified atom stereocenters. The third-order valence-electron chi connectivity index (χ3n) is 4.06. The van der Waals surface area contributed by atoms with E-state index in [1.54, 1.807) is 0 Å². The zero-order valence-corrected chi connectivity index (χ0v) is 10.5. The Morgan fingerprint density at radius 1 is 0.933 bits per heavy atom. The topological polar surface area (TPSA) is 12.5 Å². The van der Waals surface area contributed by atoms with Gasteiger partial charge in [0.2, 0.25) is 0 Å². The fourth-order valence-electron chi connectivity index (χ4n) is 2.74. The molecular weight excluding hydrogens is 188 g/mol. The van der Waals surface area contributed by atoms with Crippen molar-refractivity contribution in [3.05, 3.63) is 0 Å². The molecule has 3 nitrogen and oxygen atoms in total. The van der Waals surface area contributed by atoms with Crippen molar-refractivity contribution >= 4 is 0 Å². The molecule has 2 aliphatic heterocycles. The van der Waals surface area contributed by atoms with E-state index in [4.69, 9.17) is 4.74 Å². The lowest BCUT2D eigenvalue weighted by molar-refractivity contribution is -0.939. The Hall–Kier alpha value is -0.120. The number of nitrogens with zero attached hydrogens (tertiary/aromatic N) is 2. The van der Waals surface area contributed by atoms with E-state index >= 15 is 0 Å². The van der Waals surface area contributed by atoms with Crippen molar-refractivity contribution in [2.24, 2.45) is 0 Å². The summed E-state index contributed by atoms with van der Waals surface area (Å²) in [6.45, 7) is 16.5. The Morgan fingerprint density at radius 3 is 1.93 bits per heavy atom. The predicted octanol–water partition coefficient (Wildman–Crippen LogP) is 0.947. The van der Waals surface area contributed by atoms with Crippen molar-refractivity contribution in [3.8, 4) is 0 Å². The van der Waals surface area contributed by atoms with Gasteiger partial charge in [-0.2, -0.15) is 0 Å². The molecule has 0 amide bonds. The molecule has 2 saturated heterocycles. The van der Waals surface area contributed by atoms with Crippen molar-refractivity contribution in [2.45, 2.75) is 26.3 Å². The minimum atomic E-state index is 0.344. The Labute approximate surface area is 93.6 Å². The van der Waals surface area contributed by atoms with Crippen LogP contribution in [-0.4, -0.2) is 67.4 Å². The van der Waals surface area contributed by atoms with Crippen LogP contribution in [0.5, 0.6) is 0 Å². The molecule has 2 heterocycles. The van der Waals surface area contributed by atoms with Gasteiger partial charge in [-0.3, -0.25) is 4.90 Å². The zero-order valence-electron chi connectivity index (χ0n) is 10.5. The maximum atomic E-state index is 5.46. The number of hydrogen-bond acceptors (Lipinski definition) is 2. The van der Waals surface area contributed by atoms with Gasteiger partial charge in [0.05, 0.1) is 26.3 Å². The second-order valence-electron chi connectivity index (χ2n) is 6.01. The van der Waals surface area contributed by atoms with Gasteiger partial charge >= 0.3 is 0 Å². The van der Waals surface area contributed by atoms with Crippen LogP contribution in [0, 0.1) is 0 Å². The molecule has 3 heteroatoms. The molecular formula is C12H25N2O+. The van der Waals surface area contributed by atoms with Gasteiger partial charge in [-0.05, 0) is 20.8 Å². The summed E-state index contributed by atoms with van der Waals surface area (Å²) in [5, 5.41) is 0. The number of hydrogen-bond donors (Lipinski definition) is 0. The highest BCUT2D eigenvalue weighted by molar-refractivity contribution is 4.78. The Morgan fingerprint density at radius 2 is 1.47 bits per heavy atom. The second-order valence-corrected chi connectivity index (χ2v) is 6.01. The van der Waals surface area contributed by atoms with Crippen LogP contribution >= 0.6 is 0 Å². The van der Waals surface area contributed by atoms with Crippen molar-refractivity contribution in [1.29, 1.82) is 0 Å². The molecule has 0 bridgehead atoms. The minimum absolute atomic E-state index is 0.344. The van der Waals surface area contributed by atoms with E-state index in [9.17, 15) is 0 Å². The van der Waals surface area contributed by atoms with E-state index in [1.165, 1.54) is 43.8 Å². The van der Waals surface area contributed by atoms with Crippen molar-refractivity contribution < 1.29 is 9.22 Å². The molecule has 0 aromatic carbocycles. The molecule has 2 fully saturated rings. The summed E-state index contributed by atoms with van der Waals surface area (Å²) in [4.78, 5) is 2.62. The average Bonchev–Trinajstić information content (AvgIpc) is 2.18. The highest BCUT2D eigenvalue weighted by Gasteiger charge is 2.37. The van der Waals surface area contributed by atoms with E-state index in [1.807, 2.05) is 0 Å². The lowest BCUT2D eigenvalue weighted by Crippen LogP contribution is -2.65. The molecule has 0 saturated carbocycles. The molecule has 0 aliphatic carbocycles. The van der Waals surface area contributed by atoms with E-state index in [-0.39, 0.29) is 0 Å². The molecule has 1 spiro atoms. The van der Waals surface area contributed by atoms with Gasteiger partial charge in [-0.25, -0.2) is 0 Å². The predicted molar refractivity (Wildman–Crippen MR) is 61.9 cm³/mol. The molecule has 0 aromatic rings. The van der Waals surface area contributed by atoms with Gasteiger partial charge in [0, 0.05) is 18.6 Å². The number of rotatable bonds is 0. The lowest BCUT2D eigenvalue weighted by Gasteiger charge is -2.49. The second kappa shape index (κ2) is 4.04. The summed E-state index contributed by atoms with van der Waals surface area (Å²) >= 11 is 0. The molecule has 0 aromatic heterocycles. The van der Waals surface area contributed by atoms with E-state index in [0.717, 1.165) is 13.2 Å². The summed E-state index contributed by atoms with van der Waals surface area (Å²) < 4.78 is 6.77. The molecule has 0 atom stereocenters. The van der Waals surface area contributed by atoms with Gasteiger partial charge in [0.15, 0.2) is 0 Å². The standard InChI is InChI=1S/C12H25N2O/c1-12(2,3)13-4-6-14(7-5-13)8-10-15-11-9-14/h4-11H2,1-3H3/q+1. The molecule has 15 heavy (non-hydrogen) atoms. The molecule has 0 radical (unpaired) electrons. The van der Waals surface area contributed by atoms with Crippen LogP contribution in [0.25, 0.3) is 0 Å². The van der Waals surface area contributed by atoms with Crippen LogP contribution in [0.4, 0.5) is 0 Å². The maximum absolute atomic E-state index is 5.46. The quantitative estimate of drug-likeness (QED) is 0.556. The van der Waals surface area contributed by atoms with Gasteiger partial charge in [-0.15, -0.1) is 0 Å². The zero-order chi connectivity index (χ0) is 10.9. The van der Waals surface area contributed by atoms with Gasteiger partial charge in [-0.1, -0.05) is 0 Å². The monoisotopic (exact) mass is 213 g/mol. The van der Waals surface area contributed by atoms with E-state index < -0.39 is 0 Å². The number of piperazine rings is 1. The number of ether oxygens (including phenoxy) is 1. The van der Waals surface area contributed by atoms with Crippen LogP contribution < -0.4 is 0 Å². The molecule has 88 valence electrons. The average molecular weight is 213 g/mol. The Balaban J connectivity index is 1.91. The Bertz CT molecular complexity index is 206. The summed E-state index contributed by atoms with van der Waals surface area (Å²) in [6.07, 6.45) is 0. The maximum Gasteiger partial charge on any atom is 0.103 e. The number of quaternary nitrogens is 1. The summed E-state index contributed by atoms with van der Waals surface area (Å²) in [5.41, 5.74) is 0.344. The number of morpholine rings is 1. The Kier molecular flexibility index (Phi) is 3.06. The summed E-state index contributed by atoms with van der Waals surface area (Å²) in [5.74, 6) is 0. The highest BCUT2D eigenvalue weighted by atomic mass is 16.5. The van der Waals surface area contributed by atoms with Crippen molar-refractivity contribution in [2.75, 3.05) is 52.5 Å². The third kappa shape index (κ3) is 2.52. The summed E-state index contributed by atoms with van der Waals surface area (Å²) in [6, 6.07) is 0. The smallest absolute Gasteiger partial charge is 0.103 e. The van der Waals surface area contributed by atoms with Crippen LogP contribution in [0.2, 0.25) is 0 Å². The van der Waals surface area contributed by atoms with Crippen LogP contribution in [0.3, 0.4) is 0 Å². The lowest BCUT2D eigenvalue weighted by atomic mass is 10.0. The van der Waals surface area contributed by atoms with Crippen LogP contribution in [-0.2, 0) is 4.74 Å². The molecule has 2 aliphatic rings. The first-order valence-electron chi connectivity index (χ1n) is 6.20. The fraction of sp³-hybridized carbons (Fsp3) is 1.00. The SMILES string of the molecule is CC(C)(C)N1CC[N+]2(CCOCC2)CC1. The molecule has 2 rings (SSSR count). The van der Waals surface area contributed by atoms with Crippen LogP contribution in [0.15, 0.2) is 0 Å². The first-order chi connectivity index (χ1) is 7.02. The third-order valence-corrected chi connectivity index (χ3v) is 4.06. The van der Waals surface area contributed by atoms with Crippen molar-refractivity contribution in [3.63, 3.8) is 0 Å². The first kappa shape index (κ1) is 11.4. The van der Waals surface area contributed by atoms with Gasteiger partial charge in [0.25, 0.3) is 0 Å².